The van der Waals surface area contributed by atoms with Crippen LogP contribution in [0.5, 0.6) is 0 Å². The summed E-state index contributed by atoms with van der Waals surface area (Å²) < 4.78 is 5.34. The summed E-state index contributed by atoms with van der Waals surface area (Å²) in [5, 5.41) is 3.33. The molecule has 0 fully saturated rings. The number of nitrogens with one attached hydrogen (secondary N) is 1. The van der Waals surface area contributed by atoms with Gasteiger partial charge in [0.05, 0.1) is 11.3 Å². The molecular weight excluding hydrogens is 188 g/mol. The van der Waals surface area contributed by atoms with Crippen LogP contribution in [0.15, 0.2) is 18.5 Å². The molecule has 0 aliphatic rings. The van der Waals surface area contributed by atoms with E-state index in [4.69, 9.17) is 4.74 Å². The zero-order chi connectivity index (χ0) is 11.3. The highest BCUT2D eigenvalue weighted by Gasteiger charge is 2.14. The third kappa shape index (κ3) is 4.30. The average Bonchev–Trinajstić information content (AvgIpc) is 2.18. The van der Waals surface area contributed by atoms with Crippen molar-refractivity contribution in [3.63, 3.8) is 0 Å². The number of nitrogens with zero attached hydrogens (tertiary/aromatic N) is 1. The van der Waals surface area contributed by atoms with Crippen LogP contribution in [0.3, 0.4) is 0 Å². The second kappa shape index (κ2) is 5.12. The van der Waals surface area contributed by atoms with E-state index < -0.39 is 0 Å². The van der Waals surface area contributed by atoms with Crippen LogP contribution in [0.2, 0.25) is 0 Å². The van der Waals surface area contributed by atoms with Crippen molar-refractivity contribution in [3.05, 3.63) is 24.0 Å². The Bertz CT molecular complexity index is 310. The minimum Gasteiger partial charge on any atom is -0.384 e. The first kappa shape index (κ1) is 12.0. The smallest absolute Gasteiger partial charge is 0.0639 e. The molecule has 15 heavy (non-hydrogen) atoms. The second-order valence-electron chi connectivity index (χ2n) is 4.39. The van der Waals surface area contributed by atoms with E-state index in [-0.39, 0.29) is 5.60 Å². The second-order valence-corrected chi connectivity index (χ2v) is 4.39. The predicted molar refractivity (Wildman–Crippen MR) is 63.2 cm³/mol. The molecule has 3 heteroatoms. The highest BCUT2D eigenvalue weighted by Crippen LogP contribution is 2.13. The summed E-state index contributed by atoms with van der Waals surface area (Å²) in [6, 6.07) is 2.09. The van der Waals surface area contributed by atoms with E-state index in [9.17, 15) is 0 Å². The number of anilines is 1. The Morgan fingerprint density at radius 1 is 1.40 bits per heavy atom. The van der Waals surface area contributed by atoms with Gasteiger partial charge in [0.25, 0.3) is 0 Å². The van der Waals surface area contributed by atoms with Gasteiger partial charge in [0.2, 0.25) is 0 Å². The van der Waals surface area contributed by atoms with E-state index in [1.165, 1.54) is 5.56 Å². The van der Waals surface area contributed by atoms with E-state index in [1.54, 1.807) is 7.11 Å². The molecule has 1 rings (SSSR count). The Kier molecular flexibility index (Phi) is 4.09. The van der Waals surface area contributed by atoms with Crippen molar-refractivity contribution in [2.45, 2.75) is 32.8 Å². The molecular formula is C12H20N2O. The van der Waals surface area contributed by atoms with Crippen LogP contribution in [-0.2, 0) is 4.74 Å². The summed E-state index contributed by atoms with van der Waals surface area (Å²) in [7, 11) is 1.74. The van der Waals surface area contributed by atoms with Gasteiger partial charge in [-0.1, -0.05) is 0 Å². The van der Waals surface area contributed by atoms with E-state index in [0.29, 0.717) is 0 Å². The Morgan fingerprint density at radius 3 is 2.73 bits per heavy atom. The van der Waals surface area contributed by atoms with Crippen molar-refractivity contribution >= 4 is 5.69 Å². The summed E-state index contributed by atoms with van der Waals surface area (Å²) in [5.41, 5.74) is 2.18. The summed E-state index contributed by atoms with van der Waals surface area (Å²) >= 11 is 0. The molecule has 0 atom stereocenters. The standard InChI is InChI=1S/C12H20N2O/c1-10-7-11(9-13-8-10)14-6-5-12(2,3)15-4/h7-9,14H,5-6H2,1-4H3. The fraction of sp³-hybridized carbons (Fsp3) is 0.583. The molecule has 0 amide bonds. The molecule has 0 aromatic carbocycles. The number of hydrogen-bond acceptors (Lipinski definition) is 3. The normalized spacial score (nSPS) is 11.5. The van der Waals surface area contributed by atoms with Crippen molar-refractivity contribution in [3.8, 4) is 0 Å². The number of methoxy groups -OCH3 is 1. The third-order valence-electron chi connectivity index (χ3n) is 2.48. The number of ether oxygens (including phenoxy) is 1. The van der Waals surface area contributed by atoms with Gasteiger partial charge in [-0.3, -0.25) is 4.98 Å². The van der Waals surface area contributed by atoms with Crippen LogP contribution in [-0.4, -0.2) is 24.2 Å². The van der Waals surface area contributed by atoms with Crippen molar-refractivity contribution in [2.75, 3.05) is 19.0 Å². The molecule has 3 nitrogen and oxygen atoms in total. The Morgan fingerprint density at radius 2 is 2.13 bits per heavy atom. The summed E-state index contributed by atoms with van der Waals surface area (Å²) in [6.07, 6.45) is 4.66. The minimum absolute atomic E-state index is 0.0652. The summed E-state index contributed by atoms with van der Waals surface area (Å²) in [5.74, 6) is 0. The number of aromatic nitrogens is 1. The molecule has 1 N–H and O–H groups in total. The van der Waals surface area contributed by atoms with Gasteiger partial charge in [-0.05, 0) is 38.8 Å². The number of aryl methyl sites for hydroxylation is 1. The molecule has 84 valence electrons. The highest BCUT2D eigenvalue weighted by molar-refractivity contribution is 5.42. The van der Waals surface area contributed by atoms with E-state index in [0.717, 1.165) is 18.7 Å². The lowest BCUT2D eigenvalue weighted by Crippen LogP contribution is -2.25. The lowest BCUT2D eigenvalue weighted by atomic mass is 10.1. The van der Waals surface area contributed by atoms with Gasteiger partial charge in [0.15, 0.2) is 0 Å². The lowest BCUT2D eigenvalue weighted by molar-refractivity contribution is 0.0185. The average molecular weight is 208 g/mol. The van der Waals surface area contributed by atoms with Crippen LogP contribution >= 0.6 is 0 Å². The van der Waals surface area contributed by atoms with Gasteiger partial charge < -0.3 is 10.1 Å². The third-order valence-corrected chi connectivity index (χ3v) is 2.48. The Balaban J connectivity index is 2.38. The lowest BCUT2D eigenvalue weighted by Gasteiger charge is -2.23. The van der Waals surface area contributed by atoms with E-state index in [1.807, 2.05) is 19.3 Å². The molecule has 0 radical (unpaired) electrons. The SMILES string of the molecule is COC(C)(C)CCNc1cncc(C)c1. The zero-order valence-corrected chi connectivity index (χ0v) is 10.0. The van der Waals surface area contributed by atoms with Crippen LogP contribution < -0.4 is 5.32 Å². The quantitative estimate of drug-likeness (QED) is 0.807. The Hall–Kier alpha value is -1.09. The van der Waals surface area contributed by atoms with Gasteiger partial charge in [0.1, 0.15) is 0 Å². The van der Waals surface area contributed by atoms with Crippen molar-refractivity contribution in [2.24, 2.45) is 0 Å². The predicted octanol–water partition coefficient (Wildman–Crippen LogP) is 2.62. The monoisotopic (exact) mass is 208 g/mol. The topological polar surface area (TPSA) is 34.1 Å². The van der Waals surface area contributed by atoms with Crippen LogP contribution in [0.1, 0.15) is 25.8 Å². The van der Waals surface area contributed by atoms with Crippen LogP contribution in [0.25, 0.3) is 0 Å². The molecule has 0 saturated carbocycles. The van der Waals surface area contributed by atoms with Gasteiger partial charge in [-0.25, -0.2) is 0 Å². The maximum absolute atomic E-state index is 5.34. The fourth-order valence-electron chi connectivity index (χ4n) is 1.26. The molecule has 0 spiro atoms. The minimum atomic E-state index is -0.0652. The molecule has 0 aliphatic carbocycles. The number of rotatable bonds is 5. The zero-order valence-electron chi connectivity index (χ0n) is 10.0. The number of hydrogen-bond donors (Lipinski definition) is 1. The molecule has 0 unspecified atom stereocenters. The first-order valence-corrected chi connectivity index (χ1v) is 5.24. The van der Waals surface area contributed by atoms with Crippen LogP contribution in [0, 0.1) is 6.92 Å². The highest BCUT2D eigenvalue weighted by atomic mass is 16.5. The largest absolute Gasteiger partial charge is 0.384 e. The van der Waals surface area contributed by atoms with Crippen LogP contribution in [0.4, 0.5) is 5.69 Å². The summed E-state index contributed by atoms with van der Waals surface area (Å²) in [4.78, 5) is 4.13. The molecule has 0 aliphatic heterocycles. The molecule has 0 bridgehead atoms. The van der Waals surface area contributed by atoms with E-state index >= 15 is 0 Å². The summed E-state index contributed by atoms with van der Waals surface area (Å²) in [6.45, 7) is 7.11. The van der Waals surface area contributed by atoms with Crippen molar-refractivity contribution in [1.82, 2.24) is 4.98 Å². The maximum Gasteiger partial charge on any atom is 0.0639 e. The molecule has 1 aromatic heterocycles. The molecule has 0 saturated heterocycles. The fourth-order valence-corrected chi connectivity index (χ4v) is 1.26. The maximum atomic E-state index is 5.34. The van der Waals surface area contributed by atoms with Gasteiger partial charge >= 0.3 is 0 Å². The van der Waals surface area contributed by atoms with Gasteiger partial charge in [-0.2, -0.15) is 0 Å². The van der Waals surface area contributed by atoms with E-state index in [2.05, 4.69) is 30.2 Å². The number of pyridine rings is 1. The van der Waals surface area contributed by atoms with Gasteiger partial charge in [0, 0.05) is 26.0 Å². The first-order chi connectivity index (χ1) is 7.03. The van der Waals surface area contributed by atoms with Crippen molar-refractivity contribution in [1.29, 1.82) is 0 Å². The van der Waals surface area contributed by atoms with Crippen molar-refractivity contribution < 1.29 is 4.74 Å². The first-order valence-electron chi connectivity index (χ1n) is 5.24. The van der Waals surface area contributed by atoms with Gasteiger partial charge in [-0.15, -0.1) is 0 Å². The Labute approximate surface area is 91.9 Å². The molecule has 1 heterocycles. The molecule has 1 aromatic rings.